The van der Waals surface area contributed by atoms with Crippen molar-refractivity contribution < 1.29 is 15.0 Å². The van der Waals surface area contributed by atoms with Crippen molar-refractivity contribution in [1.29, 1.82) is 0 Å². The van der Waals surface area contributed by atoms with E-state index in [-0.39, 0.29) is 18.3 Å². The highest BCUT2D eigenvalue weighted by Gasteiger charge is 2.11. The first-order chi connectivity index (χ1) is 6.09. The van der Waals surface area contributed by atoms with Gasteiger partial charge in [0.2, 0.25) is 0 Å². The van der Waals surface area contributed by atoms with E-state index in [1.165, 1.54) is 12.1 Å². The molecule has 3 radical (unpaired) electrons. The molecule has 0 bridgehead atoms. The largest absolute Gasteiger partial charge is 0.508 e. The Labute approximate surface area is 81.8 Å². The van der Waals surface area contributed by atoms with E-state index in [0.717, 1.165) is 5.56 Å². The van der Waals surface area contributed by atoms with E-state index >= 15 is 0 Å². The van der Waals surface area contributed by atoms with E-state index in [1.807, 2.05) is 0 Å². The maximum Gasteiger partial charge on any atom is 0.320 e. The number of hydrogen-bond acceptors (Lipinski definition) is 3. The summed E-state index contributed by atoms with van der Waals surface area (Å²) in [6, 6.07) is 5.42. The van der Waals surface area contributed by atoms with Gasteiger partial charge in [0, 0.05) is 6.15 Å². The van der Waals surface area contributed by atoms with E-state index in [9.17, 15) is 4.79 Å². The van der Waals surface area contributed by atoms with Gasteiger partial charge in [-0.05, 0) is 24.1 Å². The van der Waals surface area contributed by atoms with E-state index in [1.54, 1.807) is 12.1 Å². The summed E-state index contributed by atoms with van der Waals surface area (Å²) in [6.45, 7) is 0. The minimum atomic E-state index is -1.02. The lowest BCUT2D eigenvalue weighted by molar-refractivity contribution is -0.138. The first-order valence-corrected chi connectivity index (χ1v) is 3.86. The van der Waals surface area contributed by atoms with E-state index in [2.05, 4.69) is 0 Å². The summed E-state index contributed by atoms with van der Waals surface area (Å²) in [5, 5.41) is 17.5. The van der Waals surface area contributed by atoms with Crippen LogP contribution in [0.5, 0.6) is 5.75 Å². The third-order valence-electron chi connectivity index (χ3n) is 1.71. The van der Waals surface area contributed by atoms with Gasteiger partial charge in [0.05, 0.1) is 0 Å². The van der Waals surface area contributed by atoms with Crippen LogP contribution in [0.3, 0.4) is 0 Å². The molecular weight excluding hydrogens is 184 g/mol. The molecule has 4 N–H and O–H groups in total. The number of hydrogen-bond donors (Lipinski definition) is 3. The Kier molecular flexibility index (Phi) is 4.62. The van der Waals surface area contributed by atoms with Crippen LogP contribution in [0, 0.1) is 0 Å². The van der Waals surface area contributed by atoms with Crippen molar-refractivity contribution in [3.8, 4) is 5.75 Å². The summed E-state index contributed by atoms with van der Waals surface area (Å²) < 4.78 is 0. The molecular formula is C9H11N2O3. The third kappa shape index (κ3) is 3.42. The highest BCUT2D eigenvalue weighted by Crippen LogP contribution is 2.10. The van der Waals surface area contributed by atoms with Crippen molar-refractivity contribution in [2.45, 2.75) is 12.5 Å². The molecule has 0 aliphatic carbocycles. The van der Waals surface area contributed by atoms with Gasteiger partial charge in [-0.25, -0.2) is 0 Å². The molecule has 0 spiro atoms. The van der Waals surface area contributed by atoms with Gasteiger partial charge in [-0.3, -0.25) is 4.79 Å². The van der Waals surface area contributed by atoms with Crippen LogP contribution in [0.25, 0.3) is 0 Å². The van der Waals surface area contributed by atoms with Crippen LogP contribution in [0.2, 0.25) is 0 Å². The van der Waals surface area contributed by atoms with Crippen LogP contribution in [0.4, 0.5) is 0 Å². The molecule has 0 saturated carbocycles. The zero-order chi connectivity index (χ0) is 9.84. The Balaban J connectivity index is 0.00000169. The zero-order valence-corrected chi connectivity index (χ0v) is 7.42. The van der Waals surface area contributed by atoms with Crippen molar-refractivity contribution in [2.75, 3.05) is 0 Å². The smallest absolute Gasteiger partial charge is 0.320 e. The van der Waals surface area contributed by atoms with Crippen LogP contribution >= 0.6 is 0 Å². The van der Waals surface area contributed by atoms with Crippen LogP contribution in [-0.2, 0) is 11.2 Å². The molecule has 0 aromatic heterocycles. The lowest BCUT2D eigenvalue weighted by Crippen LogP contribution is -2.32. The normalized spacial score (nSPS) is 11.5. The predicted molar refractivity (Wildman–Crippen MR) is 49.6 cm³/mol. The molecule has 1 aromatic rings. The molecule has 1 aromatic carbocycles. The van der Waals surface area contributed by atoms with Gasteiger partial charge in [0.1, 0.15) is 11.8 Å². The lowest BCUT2D eigenvalue weighted by Gasteiger charge is -2.05. The number of phenolic OH excluding ortho intramolecular Hbond substituents is 1. The highest BCUT2D eigenvalue weighted by atomic mass is 16.4. The van der Waals surface area contributed by atoms with Gasteiger partial charge >= 0.3 is 5.97 Å². The Morgan fingerprint density at radius 3 is 2.29 bits per heavy atom. The van der Waals surface area contributed by atoms with Crippen molar-refractivity contribution in [3.63, 3.8) is 0 Å². The molecule has 0 aliphatic rings. The van der Waals surface area contributed by atoms with E-state index < -0.39 is 12.0 Å². The van der Waals surface area contributed by atoms with Crippen molar-refractivity contribution in [1.82, 2.24) is 6.15 Å². The molecule has 1 atom stereocenters. The van der Waals surface area contributed by atoms with Gasteiger partial charge in [-0.15, -0.1) is 0 Å². The van der Waals surface area contributed by atoms with Crippen LogP contribution in [-0.4, -0.2) is 22.2 Å². The van der Waals surface area contributed by atoms with Crippen molar-refractivity contribution in [3.05, 3.63) is 29.8 Å². The second-order valence-corrected chi connectivity index (χ2v) is 2.82. The molecule has 5 nitrogen and oxygen atoms in total. The summed E-state index contributed by atoms with van der Waals surface area (Å²) in [4.78, 5) is 10.4. The fourth-order valence-electron chi connectivity index (χ4n) is 0.973. The number of carboxylic acid groups (broad SMARTS) is 1. The monoisotopic (exact) mass is 195 g/mol. The van der Waals surface area contributed by atoms with Crippen molar-refractivity contribution >= 4 is 5.97 Å². The van der Waals surface area contributed by atoms with Crippen LogP contribution < -0.4 is 11.9 Å². The SMILES string of the molecule is N[C@@H](Cc1ccc(O)cc1)C(=O)O.[N]. The molecule has 14 heavy (non-hydrogen) atoms. The number of aliphatic carboxylic acids is 1. The van der Waals surface area contributed by atoms with Gasteiger partial charge in [-0.2, -0.15) is 0 Å². The summed E-state index contributed by atoms with van der Waals surface area (Å²) in [5.74, 6) is -0.860. The summed E-state index contributed by atoms with van der Waals surface area (Å²) >= 11 is 0. The highest BCUT2D eigenvalue weighted by molar-refractivity contribution is 5.73. The fraction of sp³-hybridized carbons (Fsp3) is 0.222. The molecule has 1 rings (SSSR count). The van der Waals surface area contributed by atoms with Crippen LogP contribution in [0.15, 0.2) is 24.3 Å². The van der Waals surface area contributed by atoms with Gasteiger partial charge in [0.25, 0.3) is 0 Å². The van der Waals surface area contributed by atoms with Gasteiger partial charge in [-0.1, -0.05) is 12.1 Å². The Morgan fingerprint density at radius 2 is 1.86 bits per heavy atom. The lowest BCUT2D eigenvalue weighted by atomic mass is 10.1. The second-order valence-electron chi connectivity index (χ2n) is 2.82. The number of carboxylic acids is 1. The molecule has 5 heteroatoms. The Bertz CT molecular complexity index is 297. The minimum Gasteiger partial charge on any atom is -0.508 e. The topological polar surface area (TPSA) is 114 Å². The average molecular weight is 195 g/mol. The number of rotatable bonds is 3. The fourth-order valence-corrected chi connectivity index (χ4v) is 0.973. The van der Waals surface area contributed by atoms with Gasteiger partial charge < -0.3 is 15.9 Å². The molecule has 0 saturated heterocycles. The molecule has 0 unspecified atom stereocenters. The summed E-state index contributed by atoms with van der Waals surface area (Å²) in [7, 11) is 0. The maximum absolute atomic E-state index is 10.4. The van der Waals surface area contributed by atoms with E-state index in [4.69, 9.17) is 15.9 Å². The predicted octanol–water partition coefficient (Wildman–Crippen LogP) is -0.134. The maximum atomic E-state index is 10.4. The molecule has 75 valence electrons. The van der Waals surface area contributed by atoms with Crippen LogP contribution in [0.1, 0.15) is 5.56 Å². The standard InChI is InChI=1S/C9H11NO3.N/c10-8(9(12)13)5-6-1-3-7(11)4-2-6;/h1-4,8,11H,5,10H2,(H,12,13);/t8-;/m0./s1. The average Bonchev–Trinajstić information content (AvgIpc) is 2.08. The number of benzene rings is 1. The number of nitrogens with zero attached hydrogens (tertiary/aromatic N) is 1. The number of carbonyl (C=O) groups is 1. The molecule has 0 amide bonds. The molecule has 0 aliphatic heterocycles. The molecule has 0 heterocycles. The molecule has 0 fully saturated rings. The Hall–Kier alpha value is -1.59. The van der Waals surface area contributed by atoms with Gasteiger partial charge in [0.15, 0.2) is 0 Å². The third-order valence-corrected chi connectivity index (χ3v) is 1.71. The second kappa shape index (κ2) is 5.21. The minimum absolute atomic E-state index is 0. The Morgan fingerprint density at radius 1 is 1.36 bits per heavy atom. The number of phenols is 1. The quantitative estimate of drug-likeness (QED) is 0.623. The van der Waals surface area contributed by atoms with Crippen molar-refractivity contribution in [2.24, 2.45) is 5.73 Å². The summed E-state index contributed by atoms with van der Waals surface area (Å²) in [5.41, 5.74) is 6.12. The first kappa shape index (κ1) is 12.4. The number of nitrogens with two attached hydrogens (primary N) is 1. The number of aromatic hydroxyl groups is 1. The zero-order valence-electron chi connectivity index (χ0n) is 7.42. The summed E-state index contributed by atoms with van der Waals surface area (Å²) in [6.07, 6.45) is 0.273. The van der Waals surface area contributed by atoms with E-state index in [0.29, 0.717) is 0 Å². The first-order valence-electron chi connectivity index (χ1n) is 3.86.